The highest BCUT2D eigenvalue weighted by Crippen LogP contribution is 2.22. The summed E-state index contributed by atoms with van der Waals surface area (Å²) in [5, 5.41) is 0. The molecule has 0 heterocycles. The van der Waals surface area contributed by atoms with Crippen molar-refractivity contribution in [1.29, 1.82) is 0 Å². The predicted molar refractivity (Wildman–Crippen MR) is 136 cm³/mol. The second-order valence-electron chi connectivity index (χ2n) is 7.81. The van der Waals surface area contributed by atoms with Crippen molar-refractivity contribution in [3.63, 3.8) is 0 Å². The van der Waals surface area contributed by atoms with E-state index in [2.05, 4.69) is 0 Å². The van der Waals surface area contributed by atoms with Crippen molar-refractivity contribution >= 4 is 23.8 Å². The maximum Gasteiger partial charge on any atom is 0.332 e. The van der Waals surface area contributed by atoms with E-state index in [9.17, 15) is 19.2 Å². The van der Waals surface area contributed by atoms with Crippen molar-refractivity contribution in [1.82, 2.24) is 9.80 Å². The lowest BCUT2D eigenvalue weighted by Crippen LogP contribution is -2.36. The van der Waals surface area contributed by atoms with E-state index in [1.165, 1.54) is 0 Å². The van der Waals surface area contributed by atoms with Gasteiger partial charge in [0.2, 0.25) is 12.2 Å². The van der Waals surface area contributed by atoms with Crippen molar-refractivity contribution < 1.29 is 28.7 Å². The molecule has 8 nitrogen and oxygen atoms in total. The molecule has 0 aliphatic rings. The molecule has 0 aromatic heterocycles. The second kappa shape index (κ2) is 14.5. The van der Waals surface area contributed by atoms with Crippen molar-refractivity contribution in [3.05, 3.63) is 83.9 Å². The number of nitrogens with zero attached hydrogens (tertiary/aromatic N) is 2. The van der Waals surface area contributed by atoms with Gasteiger partial charge in [-0.3, -0.25) is 9.59 Å². The quantitative estimate of drug-likeness (QED) is 0.329. The SMILES string of the molecule is CCN(CC)C(=O)[C@H](OC(=O)/C=C/C(=O)O[C@@H](C(=O)N(CC)CC)c1ccccc1)c1ccccc1. The number of rotatable bonds is 12. The number of carbonyl (C=O) groups excluding carboxylic acids is 4. The number of amides is 2. The van der Waals surface area contributed by atoms with E-state index in [0.29, 0.717) is 37.3 Å². The topological polar surface area (TPSA) is 93.2 Å². The molecule has 2 atom stereocenters. The molecule has 2 rings (SSSR count). The van der Waals surface area contributed by atoms with Crippen LogP contribution in [0.25, 0.3) is 0 Å². The zero-order valence-corrected chi connectivity index (χ0v) is 21.3. The van der Waals surface area contributed by atoms with Crippen molar-refractivity contribution in [2.45, 2.75) is 39.9 Å². The summed E-state index contributed by atoms with van der Waals surface area (Å²) in [6, 6.07) is 17.4. The molecule has 0 N–H and O–H groups in total. The Morgan fingerprint density at radius 1 is 0.611 bits per heavy atom. The Morgan fingerprint density at radius 2 is 0.917 bits per heavy atom. The maximum absolute atomic E-state index is 13.0. The first-order chi connectivity index (χ1) is 17.4. The van der Waals surface area contributed by atoms with Crippen LogP contribution in [0.3, 0.4) is 0 Å². The number of hydrogen-bond donors (Lipinski definition) is 0. The predicted octanol–water partition coefficient (Wildman–Crippen LogP) is 3.85. The zero-order valence-electron chi connectivity index (χ0n) is 21.3. The maximum atomic E-state index is 13.0. The molecule has 2 amide bonds. The highest BCUT2D eigenvalue weighted by Gasteiger charge is 2.29. The van der Waals surface area contributed by atoms with Crippen LogP contribution in [0.1, 0.15) is 51.0 Å². The van der Waals surface area contributed by atoms with Crippen LogP contribution < -0.4 is 0 Å². The minimum Gasteiger partial charge on any atom is -0.444 e. The summed E-state index contributed by atoms with van der Waals surface area (Å²) in [7, 11) is 0. The minimum atomic E-state index is -1.15. The Bertz CT molecular complexity index is 947. The molecule has 36 heavy (non-hydrogen) atoms. The van der Waals surface area contributed by atoms with E-state index in [1.54, 1.807) is 70.5 Å². The molecule has 0 unspecified atom stereocenters. The molecular weight excluding hydrogens is 460 g/mol. The summed E-state index contributed by atoms with van der Waals surface area (Å²) in [5.74, 6) is -2.48. The third-order valence-electron chi connectivity index (χ3n) is 5.63. The standard InChI is InChI=1S/C28H34N2O6/c1-5-29(6-2)27(33)25(21-15-11-9-12-16-21)35-23(31)19-20-24(32)36-26(22-17-13-10-14-18-22)28(34)30(7-3)8-4/h9-20,25-26H,5-8H2,1-4H3/b20-19+/t25-,26-/m1/s1. The molecule has 0 aliphatic carbocycles. The highest BCUT2D eigenvalue weighted by atomic mass is 16.6. The van der Waals surface area contributed by atoms with Gasteiger partial charge in [-0.2, -0.15) is 0 Å². The Labute approximate surface area is 212 Å². The van der Waals surface area contributed by atoms with Crippen LogP contribution in [0.15, 0.2) is 72.8 Å². The van der Waals surface area contributed by atoms with Gasteiger partial charge in [0, 0.05) is 49.5 Å². The summed E-state index contributed by atoms with van der Waals surface area (Å²) < 4.78 is 10.9. The Hall–Kier alpha value is -3.94. The molecule has 192 valence electrons. The van der Waals surface area contributed by atoms with Gasteiger partial charge >= 0.3 is 11.9 Å². The van der Waals surface area contributed by atoms with Gasteiger partial charge in [0.05, 0.1) is 0 Å². The van der Waals surface area contributed by atoms with Crippen LogP contribution in [-0.2, 0) is 28.7 Å². The lowest BCUT2D eigenvalue weighted by molar-refractivity contribution is -0.158. The lowest BCUT2D eigenvalue weighted by Gasteiger charge is -2.25. The van der Waals surface area contributed by atoms with Gasteiger partial charge in [-0.25, -0.2) is 9.59 Å². The van der Waals surface area contributed by atoms with Gasteiger partial charge in [0.25, 0.3) is 11.8 Å². The Kier molecular flexibility index (Phi) is 11.4. The Morgan fingerprint density at radius 3 is 1.19 bits per heavy atom. The normalized spacial score (nSPS) is 12.4. The number of ether oxygens (including phenoxy) is 2. The molecule has 0 aliphatic heterocycles. The first kappa shape index (κ1) is 28.3. The molecule has 0 fully saturated rings. The number of benzene rings is 2. The smallest absolute Gasteiger partial charge is 0.332 e. The second-order valence-corrected chi connectivity index (χ2v) is 7.81. The molecule has 2 aromatic rings. The fourth-order valence-electron chi connectivity index (χ4n) is 3.63. The molecule has 2 aromatic carbocycles. The van der Waals surface area contributed by atoms with Crippen LogP contribution in [0, 0.1) is 0 Å². The molecule has 0 saturated carbocycles. The van der Waals surface area contributed by atoms with E-state index >= 15 is 0 Å². The molecule has 0 saturated heterocycles. The first-order valence-electron chi connectivity index (χ1n) is 12.1. The average Bonchev–Trinajstić information content (AvgIpc) is 2.91. The van der Waals surface area contributed by atoms with Crippen LogP contribution in [-0.4, -0.2) is 59.7 Å². The summed E-state index contributed by atoms with van der Waals surface area (Å²) in [6.07, 6.45) is -0.503. The van der Waals surface area contributed by atoms with Crippen LogP contribution >= 0.6 is 0 Å². The number of carbonyl (C=O) groups is 4. The number of esters is 2. The summed E-state index contributed by atoms with van der Waals surface area (Å²) in [4.78, 5) is 54.2. The van der Waals surface area contributed by atoms with Gasteiger partial charge in [0.15, 0.2) is 0 Å². The van der Waals surface area contributed by atoms with Gasteiger partial charge < -0.3 is 19.3 Å². The average molecular weight is 495 g/mol. The van der Waals surface area contributed by atoms with E-state index in [1.807, 2.05) is 27.7 Å². The van der Waals surface area contributed by atoms with E-state index in [0.717, 1.165) is 12.2 Å². The van der Waals surface area contributed by atoms with Crippen molar-refractivity contribution in [3.8, 4) is 0 Å². The molecule has 0 bridgehead atoms. The van der Waals surface area contributed by atoms with Gasteiger partial charge in [-0.05, 0) is 27.7 Å². The fourth-order valence-corrected chi connectivity index (χ4v) is 3.63. The lowest BCUT2D eigenvalue weighted by atomic mass is 10.1. The third-order valence-corrected chi connectivity index (χ3v) is 5.63. The summed E-state index contributed by atoms with van der Waals surface area (Å²) in [6.45, 7) is 9.18. The fraction of sp³-hybridized carbons (Fsp3) is 0.357. The summed E-state index contributed by atoms with van der Waals surface area (Å²) in [5.41, 5.74) is 1.04. The Balaban J connectivity index is 2.17. The third kappa shape index (κ3) is 7.80. The zero-order chi connectivity index (χ0) is 26.5. The molecular formula is C28H34N2O6. The monoisotopic (exact) mass is 494 g/mol. The van der Waals surface area contributed by atoms with Crippen LogP contribution in [0.5, 0.6) is 0 Å². The minimum absolute atomic E-state index is 0.357. The van der Waals surface area contributed by atoms with Crippen LogP contribution in [0.4, 0.5) is 0 Å². The van der Waals surface area contributed by atoms with E-state index < -0.39 is 24.1 Å². The first-order valence-corrected chi connectivity index (χ1v) is 12.1. The molecule has 8 heteroatoms. The van der Waals surface area contributed by atoms with Gasteiger partial charge in [-0.15, -0.1) is 0 Å². The number of likely N-dealkylation sites (N-methyl/N-ethyl adjacent to an activating group) is 2. The summed E-state index contributed by atoms with van der Waals surface area (Å²) >= 11 is 0. The largest absolute Gasteiger partial charge is 0.444 e. The molecule has 0 spiro atoms. The van der Waals surface area contributed by atoms with Gasteiger partial charge in [0.1, 0.15) is 0 Å². The van der Waals surface area contributed by atoms with Gasteiger partial charge in [-0.1, -0.05) is 60.7 Å². The molecule has 0 radical (unpaired) electrons. The van der Waals surface area contributed by atoms with Crippen molar-refractivity contribution in [2.75, 3.05) is 26.2 Å². The number of hydrogen-bond acceptors (Lipinski definition) is 6. The van der Waals surface area contributed by atoms with Crippen LogP contribution in [0.2, 0.25) is 0 Å². The highest BCUT2D eigenvalue weighted by molar-refractivity contribution is 5.95. The van der Waals surface area contributed by atoms with E-state index in [-0.39, 0.29) is 11.8 Å². The van der Waals surface area contributed by atoms with E-state index in [4.69, 9.17) is 9.47 Å². The van der Waals surface area contributed by atoms with Crippen molar-refractivity contribution in [2.24, 2.45) is 0 Å².